The molecule has 0 aliphatic carbocycles. The lowest BCUT2D eigenvalue weighted by Crippen LogP contribution is -2.31. The van der Waals surface area contributed by atoms with Gasteiger partial charge in [-0.15, -0.1) is 0 Å². The van der Waals surface area contributed by atoms with Crippen LogP contribution >= 0.6 is 12.2 Å². The zero-order valence-corrected chi connectivity index (χ0v) is 14.2. The molecule has 0 aliphatic heterocycles. The van der Waals surface area contributed by atoms with Gasteiger partial charge >= 0.3 is 6.61 Å². The molecule has 0 bridgehead atoms. The van der Waals surface area contributed by atoms with Crippen molar-refractivity contribution in [3.05, 3.63) is 59.7 Å². The van der Waals surface area contributed by atoms with Crippen molar-refractivity contribution in [2.75, 3.05) is 7.11 Å². The van der Waals surface area contributed by atoms with Gasteiger partial charge in [0.25, 0.3) is 0 Å². The van der Waals surface area contributed by atoms with Crippen LogP contribution in [0.2, 0.25) is 0 Å². The standard InChI is InChI=1S/C17H17F2N3O2S/c1-23-15-9-13(7-8-14(15)24-16(18)19)11-21-22-17(25)20-10-12-5-3-2-4-6-12/h2-9,11,16H,10H2,1H3,(H2,20,22,25)/b21-11-. The Labute approximate surface area is 149 Å². The Hall–Kier alpha value is -2.74. The van der Waals surface area contributed by atoms with Gasteiger partial charge in [-0.05, 0) is 41.5 Å². The summed E-state index contributed by atoms with van der Waals surface area (Å²) < 4.78 is 34.0. The molecular formula is C17H17F2N3O2S. The molecule has 0 unspecified atom stereocenters. The molecule has 0 aromatic heterocycles. The Kier molecular flexibility index (Phi) is 7.09. The second kappa shape index (κ2) is 9.53. The fraction of sp³-hybridized carbons (Fsp3) is 0.176. The van der Waals surface area contributed by atoms with Crippen LogP contribution in [0.25, 0.3) is 0 Å². The van der Waals surface area contributed by atoms with Gasteiger partial charge in [-0.1, -0.05) is 30.3 Å². The van der Waals surface area contributed by atoms with Gasteiger partial charge in [0, 0.05) is 6.54 Å². The highest BCUT2D eigenvalue weighted by Crippen LogP contribution is 2.28. The molecule has 0 aliphatic rings. The average molecular weight is 365 g/mol. The topological polar surface area (TPSA) is 54.9 Å². The molecule has 2 rings (SSSR count). The summed E-state index contributed by atoms with van der Waals surface area (Å²) in [5.41, 5.74) is 4.41. The second-order valence-electron chi connectivity index (χ2n) is 4.83. The Balaban J connectivity index is 1.87. The lowest BCUT2D eigenvalue weighted by Gasteiger charge is -2.10. The molecule has 8 heteroatoms. The molecule has 2 N–H and O–H groups in total. The molecule has 0 spiro atoms. The summed E-state index contributed by atoms with van der Waals surface area (Å²) in [6.07, 6.45) is 1.49. The first kappa shape index (κ1) is 18.6. The normalized spacial score (nSPS) is 10.7. The molecule has 2 aromatic carbocycles. The highest BCUT2D eigenvalue weighted by atomic mass is 32.1. The van der Waals surface area contributed by atoms with E-state index in [2.05, 4.69) is 20.6 Å². The maximum atomic E-state index is 12.3. The lowest BCUT2D eigenvalue weighted by atomic mass is 10.2. The van der Waals surface area contributed by atoms with Crippen LogP contribution in [0.1, 0.15) is 11.1 Å². The van der Waals surface area contributed by atoms with E-state index in [0.29, 0.717) is 17.2 Å². The first-order valence-corrected chi connectivity index (χ1v) is 7.73. The number of rotatable bonds is 7. The number of ether oxygens (including phenoxy) is 2. The third-order valence-corrected chi connectivity index (χ3v) is 3.31. The Bertz CT molecular complexity index is 727. The van der Waals surface area contributed by atoms with Crippen LogP contribution in [0.4, 0.5) is 8.78 Å². The largest absolute Gasteiger partial charge is 0.493 e. The maximum absolute atomic E-state index is 12.3. The van der Waals surface area contributed by atoms with Crippen LogP contribution in [-0.4, -0.2) is 25.0 Å². The summed E-state index contributed by atoms with van der Waals surface area (Å²) in [7, 11) is 1.37. The fourth-order valence-corrected chi connectivity index (χ4v) is 2.07. The summed E-state index contributed by atoms with van der Waals surface area (Å²) in [4.78, 5) is 0. The number of nitrogens with one attached hydrogen (secondary N) is 2. The van der Waals surface area contributed by atoms with Crippen LogP contribution in [0.5, 0.6) is 11.5 Å². The van der Waals surface area contributed by atoms with Gasteiger partial charge in [-0.3, -0.25) is 5.43 Å². The van der Waals surface area contributed by atoms with E-state index in [-0.39, 0.29) is 11.5 Å². The molecule has 5 nitrogen and oxygen atoms in total. The van der Waals surface area contributed by atoms with Crippen LogP contribution in [0.3, 0.4) is 0 Å². The molecule has 0 amide bonds. The van der Waals surface area contributed by atoms with Crippen molar-refractivity contribution >= 4 is 23.5 Å². The van der Waals surface area contributed by atoms with E-state index in [0.717, 1.165) is 5.56 Å². The molecule has 25 heavy (non-hydrogen) atoms. The zero-order chi connectivity index (χ0) is 18.1. The van der Waals surface area contributed by atoms with Crippen molar-refractivity contribution < 1.29 is 18.3 Å². The van der Waals surface area contributed by atoms with E-state index in [9.17, 15) is 8.78 Å². The lowest BCUT2D eigenvalue weighted by molar-refractivity contribution is -0.0512. The minimum absolute atomic E-state index is 0.0392. The Morgan fingerprint density at radius 2 is 1.96 bits per heavy atom. The Morgan fingerprint density at radius 1 is 1.20 bits per heavy atom. The highest BCUT2D eigenvalue weighted by molar-refractivity contribution is 7.80. The van der Waals surface area contributed by atoms with E-state index in [4.69, 9.17) is 17.0 Å². The number of alkyl halides is 2. The van der Waals surface area contributed by atoms with Crippen LogP contribution in [0, 0.1) is 0 Å². The molecule has 0 saturated carbocycles. The number of hydrogen-bond donors (Lipinski definition) is 2. The number of benzene rings is 2. The summed E-state index contributed by atoms with van der Waals surface area (Å²) >= 11 is 5.12. The van der Waals surface area contributed by atoms with E-state index in [1.807, 2.05) is 30.3 Å². The SMILES string of the molecule is COc1cc(/C=N\NC(=S)NCc2ccccc2)ccc1OC(F)F. The van der Waals surface area contributed by atoms with Crippen LogP contribution in [0.15, 0.2) is 53.6 Å². The minimum Gasteiger partial charge on any atom is -0.493 e. The fourth-order valence-electron chi connectivity index (χ4n) is 1.94. The van der Waals surface area contributed by atoms with E-state index < -0.39 is 6.61 Å². The van der Waals surface area contributed by atoms with Crippen molar-refractivity contribution in [2.45, 2.75) is 13.2 Å². The number of hydrazone groups is 1. The summed E-state index contributed by atoms with van der Waals surface area (Å²) in [5.74, 6) is 0.150. The quantitative estimate of drug-likeness (QED) is 0.448. The predicted octanol–water partition coefficient (Wildman–Crippen LogP) is 3.29. The number of methoxy groups -OCH3 is 1. The first-order valence-electron chi connectivity index (χ1n) is 7.32. The summed E-state index contributed by atoms with van der Waals surface area (Å²) in [6.45, 7) is -2.33. The van der Waals surface area contributed by atoms with Gasteiger partial charge in [0.2, 0.25) is 0 Å². The van der Waals surface area contributed by atoms with E-state index in [1.54, 1.807) is 6.07 Å². The van der Waals surface area contributed by atoms with Crippen molar-refractivity contribution in [2.24, 2.45) is 5.10 Å². The number of thiocarbonyl (C=S) groups is 1. The van der Waals surface area contributed by atoms with Crippen molar-refractivity contribution in [1.29, 1.82) is 0 Å². The number of nitrogens with zero attached hydrogens (tertiary/aromatic N) is 1. The first-order chi connectivity index (χ1) is 12.1. The molecule has 0 saturated heterocycles. The van der Waals surface area contributed by atoms with E-state index in [1.165, 1.54) is 25.5 Å². The van der Waals surface area contributed by atoms with Gasteiger partial charge in [0.1, 0.15) is 0 Å². The van der Waals surface area contributed by atoms with Gasteiger partial charge in [-0.2, -0.15) is 13.9 Å². The number of hydrogen-bond acceptors (Lipinski definition) is 4. The van der Waals surface area contributed by atoms with Crippen LogP contribution in [-0.2, 0) is 6.54 Å². The summed E-state index contributed by atoms with van der Waals surface area (Å²) in [6, 6.07) is 14.3. The molecule has 0 atom stereocenters. The highest BCUT2D eigenvalue weighted by Gasteiger charge is 2.10. The van der Waals surface area contributed by atoms with Crippen LogP contribution < -0.4 is 20.2 Å². The predicted molar refractivity (Wildman–Crippen MR) is 96.2 cm³/mol. The molecule has 0 fully saturated rings. The second-order valence-corrected chi connectivity index (χ2v) is 5.24. The van der Waals surface area contributed by atoms with Crippen molar-refractivity contribution in [3.8, 4) is 11.5 Å². The van der Waals surface area contributed by atoms with Crippen molar-refractivity contribution in [3.63, 3.8) is 0 Å². The molecule has 0 radical (unpaired) electrons. The smallest absolute Gasteiger partial charge is 0.387 e. The third-order valence-electron chi connectivity index (χ3n) is 3.08. The molecule has 132 valence electrons. The molecular weight excluding hydrogens is 348 g/mol. The van der Waals surface area contributed by atoms with Gasteiger partial charge in [0.15, 0.2) is 16.6 Å². The Morgan fingerprint density at radius 3 is 2.64 bits per heavy atom. The monoisotopic (exact) mass is 365 g/mol. The van der Waals surface area contributed by atoms with Crippen molar-refractivity contribution in [1.82, 2.24) is 10.7 Å². The van der Waals surface area contributed by atoms with Gasteiger partial charge in [-0.25, -0.2) is 0 Å². The minimum atomic E-state index is -2.91. The third kappa shape index (κ3) is 6.34. The maximum Gasteiger partial charge on any atom is 0.387 e. The van der Waals surface area contributed by atoms with Gasteiger partial charge in [0.05, 0.1) is 13.3 Å². The van der Waals surface area contributed by atoms with Gasteiger partial charge < -0.3 is 14.8 Å². The summed E-state index contributed by atoms with van der Waals surface area (Å²) in [5, 5.41) is 7.38. The molecule has 0 heterocycles. The zero-order valence-electron chi connectivity index (χ0n) is 13.4. The number of halogens is 2. The molecule has 2 aromatic rings. The van der Waals surface area contributed by atoms with E-state index >= 15 is 0 Å². The average Bonchev–Trinajstić information content (AvgIpc) is 2.61.